The van der Waals surface area contributed by atoms with Crippen LogP contribution in [0.5, 0.6) is 0 Å². The van der Waals surface area contributed by atoms with E-state index >= 15 is 0 Å². The van der Waals surface area contributed by atoms with Gasteiger partial charge in [0.1, 0.15) is 6.26 Å². The summed E-state index contributed by atoms with van der Waals surface area (Å²) in [6, 6.07) is 0. The maximum absolute atomic E-state index is 5.50. The summed E-state index contributed by atoms with van der Waals surface area (Å²) in [4.78, 5) is 4.55. The van der Waals surface area contributed by atoms with Gasteiger partial charge >= 0.3 is 0 Å². The van der Waals surface area contributed by atoms with Crippen LogP contribution in [0, 0.1) is 5.41 Å². The first-order valence-electron chi connectivity index (χ1n) is 5.49. The van der Waals surface area contributed by atoms with Crippen molar-refractivity contribution in [2.45, 2.75) is 52.4 Å². The van der Waals surface area contributed by atoms with Gasteiger partial charge in [-0.3, -0.25) is 0 Å². The smallest absolute Gasteiger partial charge is 0.197 e. The highest BCUT2D eigenvalue weighted by atomic mass is 16.3. The quantitative estimate of drug-likeness (QED) is 0.718. The number of rotatable bonds is 2. The molecule has 1 aromatic rings. The van der Waals surface area contributed by atoms with Crippen molar-refractivity contribution in [3.63, 3.8) is 0 Å². The topological polar surface area (TPSA) is 26.0 Å². The third-order valence-corrected chi connectivity index (χ3v) is 2.74. The van der Waals surface area contributed by atoms with Crippen LogP contribution in [-0.4, -0.2) is 4.98 Å². The Kier molecular flexibility index (Phi) is 2.38. The van der Waals surface area contributed by atoms with Crippen LogP contribution in [0.2, 0.25) is 0 Å². The summed E-state index contributed by atoms with van der Waals surface area (Å²) in [5.41, 5.74) is 1.41. The predicted molar refractivity (Wildman–Crippen MR) is 56.3 cm³/mol. The lowest BCUT2D eigenvalue weighted by molar-refractivity contribution is 0.335. The van der Waals surface area contributed by atoms with Gasteiger partial charge in [-0.15, -0.1) is 0 Å². The van der Waals surface area contributed by atoms with Gasteiger partial charge in [-0.25, -0.2) is 4.98 Å². The highest BCUT2D eigenvalue weighted by molar-refractivity contribution is 5.04. The molecule has 0 atom stereocenters. The summed E-state index contributed by atoms with van der Waals surface area (Å²) in [7, 11) is 0. The summed E-state index contributed by atoms with van der Waals surface area (Å²) in [6.07, 6.45) is 6.69. The Morgan fingerprint density at radius 2 is 2.14 bits per heavy atom. The van der Waals surface area contributed by atoms with Crippen molar-refractivity contribution in [3.8, 4) is 0 Å². The molecule has 2 nitrogen and oxygen atoms in total. The first kappa shape index (κ1) is 9.75. The third kappa shape index (κ3) is 2.17. The van der Waals surface area contributed by atoms with Crippen LogP contribution in [-0.2, 0) is 6.42 Å². The van der Waals surface area contributed by atoms with E-state index in [2.05, 4.69) is 25.8 Å². The molecule has 78 valence electrons. The van der Waals surface area contributed by atoms with E-state index in [-0.39, 0.29) is 0 Å². The molecule has 0 aliphatic heterocycles. The Morgan fingerprint density at radius 3 is 2.64 bits per heavy atom. The van der Waals surface area contributed by atoms with Crippen LogP contribution < -0.4 is 0 Å². The molecule has 1 aliphatic carbocycles. The van der Waals surface area contributed by atoms with Crippen LogP contribution >= 0.6 is 0 Å². The van der Waals surface area contributed by atoms with Gasteiger partial charge in [-0.1, -0.05) is 27.2 Å². The van der Waals surface area contributed by atoms with Crippen molar-refractivity contribution in [2.75, 3.05) is 0 Å². The first-order valence-corrected chi connectivity index (χ1v) is 5.49. The predicted octanol–water partition coefficient (Wildman–Crippen LogP) is 3.53. The van der Waals surface area contributed by atoms with E-state index in [1.54, 1.807) is 0 Å². The van der Waals surface area contributed by atoms with Crippen molar-refractivity contribution in [1.29, 1.82) is 0 Å². The van der Waals surface area contributed by atoms with E-state index in [1.165, 1.54) is 19.3 Å². The van der Waals surface area contributed by atoms with Crippen LogP contribution in [0.15, 0.2) is 10.7 Å². The Morgan fingerprint density at radius 1 is 1.43 bits per heavy atom. The molecule has 0 radical (unpaired) electrons. The van der Waals surface area contributed by atoms with Gasteiger partial charge in [-0.2, -0.15) is 0 Å². The maximum Gasteiger partial charge on any atom is 0.197 e. The Labute approximate surface area is 85.7 Å². The van der Waals surface area contributed by atoms with Crippen molar-refractivity contribution in [3.05, 3.63) is 17.8 Å². The molecular weight excluding hydrogens is 174 g/mol. The summed E-state index contributed by atoms with van der Waals surface area (Å²) < 4.78 is 5.50. The Balaban J connectivity index is 2.02. The van der Waals surface area contributed by atoms with Gasteiger partial charge in [0.25, 0.3) is 0 Å². The summed E-state index contributed by atoms with van der Waals surface area (Å²) >= 11 is 0. The number of oxazole rings is 1. The zero-order valence-electron chi connectivity index (χ0n) is 9.34. The second kappa shape index (κ2) is 3.41. The normalized spacial score (nSPS) is 18.2. The van der Waals surface area contributed by atoms with E-state index in [0.717, 1.165) is 18.0 Å². The lowest BCUT2D eigenvalue weighted by atomic mass is 9.85. The molecule has 1 saturated carbocycles. The van der Waals surface area contributed by atoms with Crippen molar-refractivity contribution in [1.82, 2.24) is 4.98 Å². The van der Waals surface area contributed by atoms with Crippen molar-refractivity contribution >= 4 is 0 Å². The van der Waals surface area contributed by atoms with E-state index in [4.69, 9.17) is 4.42 Å². The van der Waals surface area contributed by atoms with E-state index in [9.17, 15) is 0 Å². The molecule has 0 spiro atoms. The van der Waals surface area contributed by atoms with Gasteiger partial charge < -0.3 is 4.42 Å². The Bertz CT molecular complexity index is 304. The lowest BCUT2D eigenvalue weighted by Crippen LogP contribution is -2.11. The molecule has 0 bridgehead atoms. The van der Waals surface area contributed by atoms with Crippen LogP contribution in [0.1, 0.15) is 57.5 Å². The van der Waals surface area contributed by atoms with E-state index in [1.807, 2.05) is 6.26 Å². The van der Waals surface area contributed by atoms with Gasteiger partial charge in [0, 0.05) is 5.92 Å². The van der Waals surface area contributed by atoms with Gasteiger partial charge in [0.05, 0.1) is 5.69 Å². The number of nitrogens with zero attached hydrogens (tertiary/aromatic N) is 1. The molecule has 1 fully saturated rings. The zero-order chi connectivity index (χ0) is 10.2. The molecule has 2 heteroatoms. The third-order valence-electron chi connectivity index (χ3n) is 2.74. The van der Waals surface area contributed by atoms with Crippen LogP contribution in [0.3, 0.4) is 0 Å². The second-order valence-electron chi connectivity index (χ2n) is 5.54. The largest absolute Gasteiger partial charge is 0.448 e. The highest BCUT2D eigenvalue weighted by Crippen LogP contribution is 2.36. The SMILES string of the molecule is CC(C)(C)Cc1coc(C2CCC2)n1. The summed E-state index contributed by atoms with van der Waals surface area (Å²) in [5.74, 6) is 1.58. The molecule has 0 saturated heterocycles. The first-order chi connectivity index (χ1) is 6.54. The van der Waals surface area contributed by atoms with E-state index in [0.29, 0.717) is 11.3 Å². The monoisotopic (exact) mass is 193 g/mol. The molecule has 0 unspecified atom stereocenters. The molecular formula is C12H19NO. The van der Waals surface area contributed by atoms with Crippen LogP contribution in [0.4, 0.5) is 0 Å². The molecule has 1 aliphatic rings. The molecule has 0 amide bonds. The number of hydrogen-bond acceptors (Lipinski definition) is 2. The fourth-order valence-corrected chi connectivity index (χ4v) is 1.79. The summed E-state index contributed by atoms with van der Waals surface area (Å²) in [5, 5.41) is 0. The Hall–Kier alpha value is -0.790. The van der Waals surface area contributed by atoms with Crippen molar-refractivity contribution in [2.24, 2.45) is 5.41 Å². The van der Waals surface area contributed by atoms with Gasteiger partial charge in [0.2, 0.25) is 0 Å². The lowest BCUT2D eigenvalue weighted by Gasteiger charge is -2.21. The molecule has 1 aromatic heterocycles. The fraction of sp³-hybridized carbons (Fsp3) is 0.750. The minimum Gasteiger partial charge on any atom is -0.448 e. The minimum absolute atomic E-state index is 0.299. The van der Waals surface area contributed by atoms with Crippen molar-refractivity contribution < 1.29 is 4.42 Å². The molecule has 14 heavy (non-hydrogen) atoms. The molecule has 1 heterocycles. The van der Waals surface area contributed by atoms with Gasteiger partial charge in [-0.05, 0) is 24.7 Å². The average molecular weight is 193 g/mol. The molecule has 0 aromatic carbocycles. The highest BCUT2D eigenvalue weighted by Gasteiger charge is 2.25. The zero-order valence-corrected chi connectivity index (χ0v) is 9.34. The summed E-state index contributed by atoms with van der Waals surface area (Å²) in [6.45, 7) is 6.68. The maximum atomic E-state index is 5.50. The van der Waals surface area contributed by atoms with Gasteiger partial charge in [0.15, 0.2) is 5.89 Å². The molecule has 2 rings (SSSR count). The standard InChI is InChI=1S/C12H19NO/c1-12(2,3)7-10-8-14-11(13-10)9-5-4-6-9/h8-9H,4-7H2,1-3H3. The fourth-order valence-electron chi connectivity index (χ4n) is 1.79. The number of hydrogen-bond donors (Lipinski definition) is 0. The van der Waals surface area contributed by atoms with E-state index < -0.39 is 0 Å². The average Bonchev–Trinajstić information content (AvgIpc) is 2.28. The minimum atomic E-state index is 0.299. The van der Waals surface area contributed by atoms with Crippen LogP contribution in [0.25, 0.3) is 0 Å². The molecule has 0 N–H and O–H groups in total. The second-order valence-corrected chi connectivity index (χ2v) is 5.54. The number of aromatic nitrogens is 1.